The fraction of sp³-hybridized carbons (Fsp3) is 0.562. The van der Waals surface area contributed by atoms with E-state index in [0.717, 1.165) is 30.9 Å². The Morgan fingerprint density at radius 2 is 1.95 bits per heavy atom. The van der Waals surface area contributed by atoms with Crippen LogP contribution in [0.5, 0.6) is 0 Å². The Hall–Kier alpha value is -1.06. The summed E-state index contributed by atoms with van der Waals surface area (Å²) >= 11 is 6.49. The van der Waals surface area contributed by atoms with Crippen LogP contribution in [-0.2, 0) is 4.79 Å². The molecule has 0 spiro atoms. The fourth-order valence-corrected chi connectivity index (χ4v) is 2.41. The number of carbonyl (C=O) groups excluding carboxylic acids is 1. The van der Waals surface area contributed by atoms with Crippen LogP contribution >= 0.6 is 11.6 Å². The van der Waals surface area contributed by atoms with Gasteiger partial charge in [0.25, 0.3) is 0 Å². The summed E-state index contributed by atoms with van der Waals surface area (Å²) in [4.78, 5) is 13.4. The van der Waals surface area contributed by atoms with Gasteiger partial charge in [0, 0.05) is 19.2 Å². The Balaban J connectivity index is 2.57. The first kappa shape index (κ1) is 17.0. The van der Waals surface area contributed by atoms with Crippen LogP contribution in [0.1, 0.15) is 44.6 Å². The number of halogens is 1. The molecule has 0 heterocycles. The second-order valence-electron chi connectivity index (χ2n) is 5.02. The van der Waals surface area contributed by atoms with E-state index in [4.69, 9.17) is 11.6 Å². The van der Waals surface area contributed by atoms with Crippen LogP contribution in [0.4, 0.5) is 5.69 Å². The quantitative estimate of drug-likeness (QED) is 0.734. The SMILES string of the molecule is CCCCN(CC)CC(Cl)c1ccc(NC(C)=O)cc1. The normalized spacial score (nSPS) is 12.4. The molecule has 0 saturated carbocycles. The van der Waals surface area contributed by atoms with Crippen molar-refractivity contribution in [2.45, 2.75) is 39.0 Å². The molecule has 4 heteroatoms. The zero-order valence-corrected chi connectivity index (χ0v) is 13.4. The van der Waals surface area contributed by atoms with Crippen molar-refractivity contribution in [2.75, 3.05) is 25.0 Å². The standard InChI is InChI=1S/C16H25ClN2O/c1-4-6-11-19(5-2)12-16(17)14-7-9-15(10-8-14)18-13(3)20/h7-10,16H,4-6,11-12H2,1-3H3,(H,18,20). The van der Waals surface area contributed by atoms with Crippen LogP contribution in [0.25, 0.3) is 0 Å². The molecule has 0 aromatic heterocycles. The molecule has 20 heavy (non-hydrogen) atoms. The van der Waals surface area contributed by atoms with Crippen LogP contribution in [0.15, 0.2) is 24.3 Å². The van der Waals surface area contributed by atoms with E-state index >= 15 is 0 Å². The number of benzene rings is 1. The number of hydrogen-bond acceptors (Lipinski definition) is 2. The number of rotatable bonds is 8. The van der Waals surface area contributed by atoms with E-state index in [2.05, 4.69) is 24.1 Å². The summed E-state index contributed by atoms with van der Waals surface area (Å²) in [7, 11) is 0. The number of amides is 1. The highest BCUT2D eigenvalue weighted by molar-refractivity contribution is 6.21. The van der Waals surface area contributed by atoms with Crippen molar-refractivity contribution in [2.24, 2.45) is 0 Å². The molecule has 1 aromatic carbocycles. The molecule has 0 aliphatic heterocycles. The Morgan fingerprint density at radius 3 is 2.45 bits per heavy atom. The van der Waals surface area contributed by atoms with E-state index < -0.39 is 0 Å². The molecule has 1 atom stereocenters. The summed E-state index contributed by atoms with van der Waals surface area (Å²) in [6.45, 7) is 8.85. The molecule has 1 N–H and O–H groups in total. The third-order valence-electron chi connectivity index (χ3n) is 3.29. The predicted octanol–water partition coefficient (Wildman–Crippen LogP) is 4.05. The smallest absolute Gasteiger partial charge is 0.221 e. The molecule has 0 radical (unpaired) electrons. The number of carbonyl (C=O) groups is 1. The van der Waals surface area contributed by atoms with Crippen molar-refractivity contribution in [3.63, 3.8) is 0 Å². The molecule has 112 valence electrons. The van der Waals surface area contributed by atoms with Crippen LogP contribution in [0.3, 0.4) is 0 Å². The first-order valence-corrected chi connectivity index (χ1v) is 7.74. The van der Waals surface area contributed by atoms with Gasteiger partial charge in [-0.15, -0.1) is 11.6 Å². The molecule has 1 amide bonds. The maximum Gasteiger partial charge on any atom is 0.221 e. The second-order valence-corrected chi connectivity index (χ2v) is 5.54. The third-order valence-corrected chi connectivity index (χ3v) is 3.68. The Labute approximate surface area is 127 Å². The number of alkyl halides is 1. The fourth-order valence-electron chi connectivity index (χ4n) is 2.07. The van der Waals surface area contributed by atoms with Crippen molar-refractivity contribution in [3.8, 4) is 0 Å². The molecule has 0 saturated heterocycles. The first-order chi connectivity index (χ1) is 9.56. The van der Waals surface area contributed by atoms with Gasteiger partial charge in [0.15, 0.2) is 0 Å². The highest BCUT2D eigenvalue weighted by Crippen LogP contribution is 2.23. The highest BCUT2D eigenvalue weighted by Gasteiger charge is 2.12. The van der Waals surface area contributed by atoms with Gasteiger partial charge in [-0.25, -0.2) is 0 Å². The average Bonchev–Trinajstić information content (AvgIpc) is 2.43. The van der Waals surface area contributed by atoms with E-state index in [0.29, 0.717) is 0 Å². The number of anilines is 1. The van der Waals surface area contributed by atoms with Gasteiger partial charge in [-0.3, -0.25) is 4.79 Å². The molecule has 3 nitrogen and oxygen atoms in total. The lowest BCUT2D eigenvalue weighted by Gasteiger charge is -2.23. The molecule has 1 rings (SSSR count). The Bertz CT molecular complexity index is 405. The van der Waals surface area contributed by atoms with Gasteiger partial charge >= 0.3 is 0 Å². The first-order valence-electron chi connectivity index (χ1n) is 7.30. The maximum absolute atomic E-state index is 11.0. The summed E-state index contributed by atoms with van der Waals surface area (Å²) in [5, 5.41) is 2.74. The van der Waals surface area contributed by atoms with Crippen LogP contribution in [-0.4, -0.2) is 30.4 Å². The number of unbranched alkanes of at least 4 members (excludes halogenated alkanes) is 1. The van der Waals surface area contributed by atoms with Crippen LogP contribution in [0.2, 0.25) is 0 Å². The zero-order valence-electron chi connectivity index (χ0n) is 12.7. The van der Waals surface area contributed by atoms with Crippen LogP contribution in [0, 0.1) is 0 Å². The molecule has 1 aromatic rings. The topological polar surface area (TPSA) is 32.3 Å². The molecule has 0 fully saturated rings. The Morgan fingerprint density at radius 1 is 1.30 bits per heavy atom. The molecular formula is C16H25ClN2O. The maximum atomic E-state index is 11.0. The molecule has 0 aliphatic rings. The van der Waals surface area contributed by atoms with Crippen molar-refractivity contribution >= 4 is 23.2 Å². The minimum Gasteiger partial charge on any atom is -0.326 e. The summed E-state index contributed by atoms with van der Waals surface area (Å²) in [6, 6.07) is 7.76. The van der Waals surface area contributed by atoms with E-state index in [1.54, 1.807) is 0 Å². The van der Waals surface area contributed by atoms with Gasteiger partial charge in [-0.05, 0) is 37.2 Å². The van der Waals surface area contributed by atoms with Crippen molar-refractivity contribution in [3.05, 3.63) is 29.8 Å². The van der Waals surface area contributed by atoms with E-state index in [1.807, 2.05) is 24.3 Å². The van der Waals surface area contributed by atoms with E-state index in [9.17, 15) is 4.79 Å². The summed E-state index contributed by atoms with van der Waals surface area (Å²) in [6.07, 6.45) is 2.41. The van der Waals surface area contributed by atoms with Gasteiger partial charge in [0.1, 0.15) is 0 Å². The van der Waals surface area contributed by atoms with Crippen molar-refractivity contribution in [1.29, 1.82) is 0 Å². The minimum atomic E-state index is -0.0584. The lowest BCUT2D eigenvalue weighted by Crippen LogP contribution is -2.28. The summed E-state index contributed by atoms with van der Waals surface area (Å²) < 4.78 is 0. The van der Waals surface area contributed by atoms with Gasteiger partial charge in [0.2, 0.25) is 5.91 Å². The number of hydrogen-bond donors (Lipinski definition) is 1. The highest BCUT2D eigenvalue weighted by atomic mass is 35.5. The predicted molar refractivity (Wildman–Crippen MR) is 86.4 cm³/mol. The summed E-state index contributed by atoms with van der Waals surface area (Å²) in [5.74, 6) is -0.0584. The number of likely N-dealkylation sites (N-methyl/N-ethyl adjacent to an activating group) is 1. The van der Waals surface area contributed by atoms with Gasteiger partial charge in [-0.1, -0.05) is 32.4 Å². The largest absolute Gasteiger partial charge is 0.326 e. The summed E-state index contributed by atoms with van der Waals surface area (Å²) in [5.41, 5.74) is 1.90. The van der Waals surface area contributed by atoms with Crippen molar-refractivity contribution < 1.29 is 4.79 Å². The van der Waals surface area contributed by atoms with Gasteiger partial charge < -0.3 is 10.2 Å². The lowest BCUT2D eigenvalue weighted by atomic mass is 10.1. The lowest BCUT2D eigenvalue weighted by molar-refractivity contribution is -0.114. The molecule has 0 aliphatic carbocycles. The zero-order chi connectivity index (χ0) is 15.0. The molecule has 0 bridgehead atoms. The van der Waals surface area contributed by atoms with Crippen LogP contribution < -0.4 is 5.32 Å². The second kappa shape index (κ2) is 8.98. The average molecular weight is 297 g/mol. The van der Waals surface area contributed by atoms with E-state index in [-0.39, 0.29) is 11.3 Å². The molecule has 1 unspecified atom stereocenters. The number of nitrogens with zero attached hydrogens (tertiary/aromatic N) is 1. The number of nitrogens with one attached hydrogen (secondary N) is 1. The monoisotopic (exact) mass is 296 g/mol. The van der Waals surface area contributed by atoms with E-state index in [1.165, 1.54) is 19.8 Å². The van der Waals surface area contributed by atoms with Gasteiger partial charge in [0.05, 0.1) is 5.38 Å². The van der Waals surface area contributed by atoms with Crippen molar-refractivity contribution in [1.82, 2.24) is 4.90 Å². The Kier molecular flexibility index (Phi) is 7.63. The van der Waals surface area contributed by atoms with Gasteiger partial charge in [-0.2, -0.15) is 0 Å². The molecular weight excluding hydrogens is 272 g/mol. The minimum absolute atomic E-state index is 0.0156. The third kappa shape index (κ3) is 5.93.